The summed E-state index contributed by atoms with van der Waals surface area (Å²) in [4.78, 5) is 28.6. The zero-order valence-corrected chi connectivity index (χ0v) is 25.1. The molecule has 0 radical (unpaired) electrons. The number of carbonyl (C=O) groups is 2. The topological polar surface area (TPSA) is 105 Å². The minimum absolute atomic E-state index is 0.0640. The molecule has 1 unspecified atom stereocenters. The Morgan fingerprint density at radius 2 is 1.56 bits per heavy atom. The van der Waals surface area contributed by atoms with Gasteiger partial charge < -0.3 is 19.7 Å². The third-order valence-electron chi connectivity index (χ3n) is 6.67. The maximum Gasteiger partial charge on any atom is 0.264 e. The van der Waals surface area contributed by atoms with E-state index in [9.17, 15) is 18.0 Å². The highest BCUT2D eigenvalue weighted by molar-refractivity contribution is 7.92. The molecular formula is C31H39N3O6S. The molecule has 0 bridgehead atoms. The molecule has 3 rings (SSSR count). The van der Waals surface area contributed by atoms with Crippen LogP contribution in [0.3, 0.4) is 0 Å². The molecule has 0 aliphatic rings. The molecular weight excluding hydrogens is 542 g/mol. The minimum Gasteiger partial charge on any atom is -0.493 e. The maximum atomic E-state index is 14.1. The second-order valence-corrected chi connectivity index (χ2v) is 11.4. The summed E-state index contributed by atoms with van der Waals surface area (Å²) in [6, 6.07) is 19.7. The predicted molar refractivity (Wildman–Crippen MR) is 160 cm³/mol. The summed E-state index contributed by atoms with van der Waals surface area (Å²) in [7, 11) is -1.36. The third-order valence-corrected chi connectivity index (χ3v) is 8.44. The number of nitrogens with zero attached hydrogens (tertiary/aromatic N) is 2. The Balaban J connectivity index is 2.07. The van der Waals surface area contributed by atoms with Gasteiger partial charge in [-0.3, -0.25) is 13.9 Å². The Kier molecular flexibility index (Phi) is 11.2. The molecule has 0 spiro atoms. The van der Waals surface area contributed by atoms with Crippen LogP contribution in [0, 0.1) is 6.92 Å². The van der Waals surface area contributed by atoms with E-state index in [1.807, 2.05) is 51.1 Å². The monoisotopic (exact) mass is 581 g/mol. The first-order valence-corrected chi connectivity index (χ1v) is 15.0. The van der Waals surface area contributed by atoms with Crippen LogP contribution in [-0.2, 0) is 26.2 Å². The zero-order chi connectivity index (χ0) is 30.0. The van der Waals surface area contributed by atoms with Gasteiger partial charge in [-0.05, 0) is 49.6 Å². The highest BCUT2D eigenvalue weighted by Gasteiger charge is 2.34. The van der Waals surface area contributed by atoms with Gasteiger partial charge in [0.1, 0.15) is 12.6 Å². The van der Waals surface area contributed by atoms with Gasteiger partial charge in [0, 0.05) is 19.2 Å². The number of sulfonamides is 1. The van der Waals surface area contributed by atoms with Crippen molar-refractivity contribution < 1.29 is 27.5 Å². The zero-order valence-electron chi connectivity index (χ0n) is 24.3. The summed E-state index contributed by atoms with van der Waals surface area (Å²) >= 11 is 0. The van der Waals surface area contributed by atoms with Gasteiger partial charge in [0.2, 0.25) is 11.8 Å². The number of carbonyl (C=O) groups excluding carboxylic acids is 2. The van der Waals surface area contributed by atoms with Gasteiger partial charge in [0.05, 0.1) is 24.8 Å². The molecule has 0 saturated heterocycles. The van der Waals surface area contributed by atoms with E-state index in [0.29, 0.717) is 24.4 Å². The van der Waals surface area contributed by atoms with Gasteiger partial charge in [0.25, 0.3) is 10.0 Å². The lowest BCUT2D eigenvalue weighted by molar-refractivity contribution is -0.140. The number of hydrogen-bond acceptors (Lipinski definition) is 6. The summed E-state index contributed by atoms with van der Waals surface area (Å²) < 4.78 is 39.9. The second kappa shape index (κ2) is 14.5. The molecule has 0 heterocycles. The first kappa shape index (κ1) is 31.5. The normalized spacial score (nSPS) is 11.8. The van der Waals surface area contributed by atoms with Crippen molar-refractivity contribution in [1.82, 2.24) is 10.2 Å². The lowest BCUT2D eigenvalue weighted by atomic mass is 10.1. The number of amides is 2. The average Bonchev–Trinajstić information content (AvgIpc) is 2.99. The Morgan fingerprint density at radius 3 is 2.15 bits per heavy atom. The van der Waals surface area contributed by atoms with E-state index in [2.05, 4.69) is 5.32 Å². The van der Waals surface area contributed by atoms with E-state index in [0.717, 1.165) is 21.9 Å². The Morgan fingerprint density at radius 1 is 0.902 bits per heavy atom. The van der Waals surface area contributed by atoms with Crippen molar-refractivity contribution in [2.24, 2.45) is 0 Å². The van der Waals surface area contributed by atoms with Gasteiger partial charge in [-0.1, -0.05) is 61.9 Å². The van der Waals surface area contributed by atoms with Gasteiger partial charge in [-0.15, -0.1) is 0 Å². The van der Waals surface area contributed by atoms with E-state index < -0.39 is 28.5 Å². The summed E-state index contributed by atoms with van der Waals surface area (Å²) in [5, 5.41) is 2.88. The van der Waals surface area contributed by atoms with E-state index in [1.165, 1.54) is 37.3 Å². The summed E-state index contributed by atoms with van der Waals surface area (Å²) in [6.07, 6.45) is 1.11. The predicted octanol–water partition coefficient (Wildman–Crippen LogP) is 4.54. The highest BCUT2D eigenvalue weighted by Crippen LogP contribution is 2.32. The van der Waals surface area contributed by atoms with Crippen molar-refractivity contribution in [2.75, 3.05) is 31.6 Å². The number of ether oxygens (including phenoxy) is 2. The smallest absolute Gasteiger partial charge is 0.264 e. The van der Waals surface area contributed by atoms with Crippen LogP contribution < -0.4 is 19.1 Å². The lowest BCUT2D eigenvalue weighted by Crippen LogP contribution is -2.52. The first-order chi connectivity index (χ1) is 19.7. The first-order valence-electron chi connectivity index (χ1n) is 13.6. The number of benzene rings is 3. The fourth-order valence-corrected chi connectivity index (χ4v) is 5.84. The van der Waals surface area contributed by atoms with Crippen molar-refractivity contribution in [3.8, 4) is 11.5 Å². The Hall–Kier alpha value is -4.05. The maximum absolute atomic E-state index is 14.1. The van der Waals surface area contributed by atoms with Crippen LogP contribution in [0.1, 0.15) is 37.8 Å². The van der Waals surface area contributed by atoms with Crippen molar-refractivity contribution in [1.29, 1.82) is 0 Å². The quantitative estimate of drug-likeness (QED) is 0.300. The number of anilines is 1. The molecule has 0 aromatic heterocycles. The van der Waals surface area contributed by atoms with Crippen LogP contribution in [0.5, 0.6) is 11.5 Å². The van der Waals surface area contributed by atoms with Crippen LogP contribution in [-0.4, -0.2) is 58.5 Å². The van der Waals surface area contributed by atoms with Crippen LogP contribution in [0.4, 0.5) is 5.69 Å². The Bertz CT molecular complexity index is 1410. The summed E-state index contributed by atoms with van der Waals surface area (Å²) in [5.74, 6) is -0.157. The standard InChI is InChI=1S/C31H39N3O6S/c1-6-19-32-31(36)27(7-2)33(21-24-11-9-8-10-12-24)30(35)22-34(25-15-13-23(3)14-16-25)41(37,38)26-17-18-28(39-4)29(20-26)40-5/h8-18,20,27H,6-7,19,21-22H2,1-5H3,(H,32,36). The fraction of sp³-hybridized carbons (Fsp3) is 0.355. The minimum atomic E-state index is -4.24. The molecule has 41 heavy (non-hydrogen) atoms. The molecule has 1 N–H and O–H groups in total. The number of methoxy groups -OCH3 is 2. The molecule has 220 valence electrons. The average molecular weight is 582 g/mol. The highest BCUT2D eigenvalue weighted by atomic mass is 32.2. The second-order valence-electron chi connectivity index (χ2n) is 9.59. The third kappa shape index (κ3) is 7.79. The molecule has 2 amide bonds. The molecule has 0 fully saturated rings. The molecule has 3 aromatic rings. The molecule has 0 saturated carbocycles. The number of aryl methyl sites for hydroxylation is 1. The van der Waals surface area contributed by atoms with Crippen LogP contribution in [0.15, 0.2) is 77.7 Å². The van der Waals surface area contributed by atoms with Gasteiger partial charge in [-0.2, -0.15) is 0 Å². The van der Waals surface area contributed by atoms with Gasteiger partial charge in [-0.25, -0.2) is 8.42 Å². The number of nitrogens with one attached hydrogen (secondary N) is 1. The van der Waals surface area contributed by atoms with Crippen LogP contribution in [0.25, 0.3) is 0 Å². The van der Waals surface area contributed by atoms with E-state index >= 15 is 0 Å². The van der Waals surface area contributed by atoms with Crippen molar-refractivity contribution in [3.63, 3.8) is 0 Å². The van der Waals surface area contributed by atoms with Crippen LogP contribution >= 0.6 is 0 Å². The van der Waals surface area contributed by atoms with Crippen molar-refractivity contribution in [3.05, 3.63) is 83.9 Å². The molecule has 0 aliphatic heterocycles. The fourth-order valence-electron chi connectivity index (χ4n) is 4.41. The van der Waals surface area contributed by atoms with Crippen LogP contribution in [0.2, 0.25) is 0 Å². The molecule has 9 nitrogen and oxygen atoms in total. The van der Waals surface area contributed by atoms with Gasteiger partial charge in [0.15, 0.2) is 11.5 Å². The summed E-state index contributed by atoms with van der Waals surface area (Å²) in [5.41, 5.74) is 2.09. The van der Waals surface area contributed by atoms with E-state index in [4.69, 9.17) is 9.47 Å². The number of rotatable bonds is 14. The molecule has 3 aromatic carbocycles. The largest absolute Gasteiger partial charge is 0.493 e. The lowest BCUT2D eigenvalue weighted by Gasteiger charge is -2.33. The SMILES string of the molecule is CCCNC(=O)C(CC)N(Cc1ccccc1)C(=O)CN(c1ccc(C)cc1)S(=O)(=O)c1ccc(OC)c(OC)c1. The van der Waals surface area contributed by atoms with E-state index in [-0.39, 0.29) is 23.1 Å². The van der Waals surface area contributed by atoms with Gasteiger partial charge >= 0.3 is 0 Å². The van der Waals surface area contributed by atoms with Crippen molar-refractivity contribution >= 4 is 27.5 Å². The number of hydrogen-bond donors (Lipinski definition) is 1. The molecule has 0 aliphatic carbocycles. The Labute approximate surface area is 243 Å². The summed E-state index contributed by atoms with van der Waals surface area (Å²) in [6.45, 7) is 5.79. The van der Waals surface area contributed by atoms with E-state index in [1.54, 1.807) is 24.3 Å². The van der Waals surface area contributed by atoms with Crippen molar-refractivity contribution in [2.45, 2.75) is 51.1 Å². The molecule has 10 heteroatoms. The molecule has 1 atom stereocenters.